The van der Waals surface area contributed by atoms with Crippen LogP contribution in [0.2, 0.25) is 5.15 Å². The summed E-state index contributed by atoms with van der Waals surface area (Å²) >= 11 is 5.88. The van der Waals surface area contributed by atoms with E-state index in [0.717, 1.165) is 12.1 Å². The molecule has 0 atom stereocenters. The molecule has 0 unspecified atom stereocenters. The molecule has 108 valence electrons. The van der Waals surface area contributed by atoms with E-state index in [1.807, 2.05) is 0 Å². The van der Waals surface area contributed by atoms with Gasteiger partial charge in [-0.25, -0.2) is 4.39 Å². The number of nitrogens with zero attached hydrogens (tertiary/aromatic N) is 1. The van der Waals surface area contributed by atoms with Crippen molar-refractivity contribution in [2.24, 2.45) is 0 Å². The third kappa shape index (κ3) is 2.70. The smallest absolute Gasteiger partial charge is 0.339 e. The summed E-state index contributed by atoms with van der Waals surface area (Å²) in [4.78, 5) is -0.263. The van der Waals surface area contributed by atoms with E-state index in [9.17, 15) is 12.8 Å². The van der Waals surface area contributed by atoms with E-state index < -0.39 is 15.9 Å². The average molecular weight is 327 g/mol. The first-order valence-electron chi connectivity index (χ1n) is 5.79. The highest BCUT2D eigenvalue weighted by atomic mass is 35.5. The number of aromatic amines is 1. The summed E-state index contributed by atoms with van der Waals surface area (Å²) in [5.41, 5.74) is 0.579. The third-order valence-corrected chi connectivity index (χ3v) is 4.30. The number of aromatic nitrogens is 2. The van der Waals surface area contributed by atoms with Crippen LogP contribution in [0, 0.1) is 5.82 Å². The summed E-state index contributed by atoms with van der Waals surface area (Å²) in [7, 11) is -4.11. The Labute approximate surface area is 124 Å². The Balaban J connectivity index is 1.98. The van der Waals surface area contributed by atoms with Crippen molar-refractivity contribution in [3.8, 4) is 5.75 Å². The van der Waals surface area contributed by atoms with Gasteiger partial charge in [0.2, 0.25) is 0 Å². The summed E-state index contributed by atoms with van der Waals surface area (Å²) in [6.45, 7) is 0. The number of benzene rings is 2. The zero-order valence-corrected chi connectivity index (χ0v) is 12.0. The number of hydrogen-bond donors (Lipinski definition) is 1. The summed E-state index contributed by atoms with van der Waals surface area (Å²) in [5, 5.41) is 7.29. The van der Waals surface area contributed by atoms with Gasteiger partial charge in [-0.1, -0.05) is 17.7 Å². The lowest BCUT2D eigenvalue weighted by molar-refractivity contribution is 0.485. The molecule has 0 aliphatic heterocycles. The second-order valence-electron chi connectivity index (χ2n) is 4.21. The molecule has 0 spiro atoms. The minimum atomic E-state index is -4.11. The largest absolute Gasteiger partial charge is 0.379 e. The molecule has 0 fully saturated rings. The van der Waals surface area contributed by atoms with Crippen molar-refractivity contribution in [2.45, 2.75) is 4.90 Å². The van der Waals surface area contributed by atoms with Gasteiger partial charge >= 0.3 is 10.1 Å². The first-order valence-corrected chi connectivity index (χ1v) is 7.58. The zero-order valence-electron chi connectivity index (χ0n) is 10.4. The summed E-state index contributed by atoms with van der Waals surface area (Å²) < 4.78 is 42.2. The van der Waals surface area contributed by atoms with Crippen molar-refractivity contribution in [3.05, 3.63) is 53.4 Å². The summed E-state index contributed by atoms with van der Waals surface area (Å²) in [5.74, 6) is -0.594. The molecular formula is C13H8ClFN2O3S. The molecule has 1 heterocycles. The molecular weight excluding hydrogens is 319 g/mol. The van der Waals surface area contributed by atoms with Gasteiger partial charge in [0.1, 0.15) is 21.6 Å². The number of rotatable bonds is 3. The lowest BCUT2D eigenvalue weighted by atomic mass is 10.2. The Morgan fingerprint density at radius 2 is 2.00 bits per heavy atom. The lowest BCUT2D eigenvalue weighted by Gasteiger charge is -2.07. The highest BCUT2D eigenvalue weighted by molar-refractivity contribution is 7.87. The van der Waals surface area contributed by atoms with Gasteiger partial charge in [-0.15, -0.1) is 0 Å². The average Bonchev–Trinajstić information content (AvgIpc) is 2.80. The molecule has 5 nitrogen and oxygen atoms in total. The number of fused-ring (bicyclic) bond motifs is 1. The van der Waals surface area contributed by atoms with Crippen LogP contribution < -0.4 is 4.18 Å². The molecule has 0 aliphatic carbocycles. The zero-order chi connectivity index (χ0) is 15.0. The number of hydrogen-bond acceptors (Lipinski definition) is 4. The van der Waals surface area contributed by atoms with Crippen LogP contribution in [-0.4, -0.2) is 18.6 Å². The highest BCUT2D eigenvalue weighted by Gasteiger charge is 2.18. The number of H-pyrrole nitrogens is 1. The van der Waals surface area contributed by atoms with E-state index in [0.29, 0.717) is 10.9 Å². The van der Waals surface area contributed by atoms with Crippen LogP contribution in [0.25, 0.3) is 10.9 Å². The normalized spacial score (nSPS) is 11.7. The highest BCUT2D eigenvalue weighted by Crippen LogP contribution is 2.27. The Hall–Kier alpha value is -2.12. The molecule has 0 amide bonds. The molecule has 2 aromatic carbocycles. The van der Waals surface area contributed by atoms with Crippen LogP contribution in [0.3, 0.4) is 0 Å². The fourth-order valence-electron chi connectivity index (χ4n) is 1.81. The molecule has 0 bridgehead atoms. The predicted molar refractivity (Wildman–Crippen MR) is 75.3 cm³/mol. The molecule has 0 saturated heterocycles. The van der Waals surface area contributed by atoms with Gasteiger partial charge in [-0.05, 0) is 36.4 Å². The Morgan fingerprint density at radius 1 is 1.19 bits per heavy atom. The summed E-state index contributed by atoms with van der Waals surface area (Å²) in [6.07, 6.45) is 0. The van der Waals surface area contributed by atoms with Crippen molar-refractivity contribution < 1.29 is 17.0 Å². The predicted octanol–water partition coefficient (Wildman–Crippen LogP) is 3.12. The van der Waals surface area contributed by atoms with Gasteiger partial charge in [0, 0.05) is 5.39 Å². The van der Waals surface area contributed by atoms with Crippen LogP contribution >= 0.6 is 11.6 Å². The first kappa shape index (κ1) is 13.8. The van der Waals surface area contributed by atoms with Crippen molar-refractivity contribution in [2.75, 3.05) is 0 Å². The lowest BCUT2D eigenvalue weighted by Crippen LogP contribution is -2.09. The molecule has 3 aromatic rings. The van der Waals surface area contributed by atoms with Crippen LogP contribution in [0.1, 0.15) is 0 Å². The molecule has 8 heteroatoms. The van der Waals surface area contributed by atoms with E-state index in [4.69, 9.17) is 15.8 Å². The molecule has 0 saturated carbocycles. The molecule has 0 radical (unpaired) electrons. The topological polar surface area (TPSA) is 72.1 Å². The first-order chi connectivity index (χ1) is 9.95. The third-order valence-electron chi connectivity index (χ3n) is 2.77. The quantitative estimate of drug-likeness (QED) is 0.751. The minimum absolute atomic E-state index is 0.0649. The molecule has 1 N–H and O–H groups in total. The van der Waals surface area contributed by atoms with E-state index in [1.54, 1.807) is 6.07 Å². The monoisotopic (exact) mass is 326 g/mol. The fraction of sp³-hybridized carbons (Fsp3) is 0. The van der Waals surface area contributed by atoms with Crippen molar-refractivity contribution in [1.29, 1.82) is 0 Å². The Kier molecular flexibility index (Phi) is 3.30. The molecule has 1 aromatic heterocycles. The van der Waals surface area contributed by atoms with E-state index in [-0.39, 0.29) is 15.8 Å². The van der Waals surface area contributed by atoms with Gasteiger partial charge < -0.3 is 4.18 Å². The Morgan fingerprint density at radius 3 is 2.76 bits per heavy atom. The van der Waals surface area contributed by atoms with E-state index >= 15 is 0 Å². The second-order valence-corrected chi connectivity index (χ2v) is 6.14. The number of nitrogens with one attached hydrogen (secondary N) is 1. The van der Waals surface area contributed by atoms with Gasteiger partial charge in [-0.3, -0.25) is 5.10 Å². The number of halogens is 2. The van der Waals surface area contributed by atoms with Crippen molar-refractivity contribution in [3.63, 3.8) is 0 Å². The van der Waals surface area contributed by atoms with E-state index in [1.165, 1.54) is 24.3 Å². The SMILES string of the molecule is O=S(=O)(Oc1ccc2n[nH]c(Cl)c2c1)c1cccc(F)c1. The van der Waals surface area contributed by atoms with Crippen molar-refractivity contribution >= 4 is 32.6 Å². The van der Waals surface area contributed by atoms with Crippen LogP contribution in [0.15, 0.2) is 47.4 Å². The van der Waals surface area contributed by atoms with Gasteiger partial charge in [-0.2, -0.15) is 13.5 Å². The Bertz CT molecular complexity index is 924. The molecule has 21 heavy (non-hydrogen) atoms. The fourth-order valence-corrected chi connectivity index (χ4v) is 2.96. The molecule has 3 rings (SSSR count). The molecule has 0 aliphatic rings. The second kappa shape index (κ2) is 5.01. The minimum Gasteiger partial charge on any atom is -0.379 e. The summed E-state index contributed by atoms with van der Waals surface area (Å²) in [6, 6.07) is 9.03. The maximum atomic E-state index is 13.1. The van der Waals surface area contributed by atoms with Gasteiger partial charge in [0.15, 0.2) is 0 Å². The van der Waals surface area contributed by atoms with Crippen LogP contribution in [0.4, 0.5) is 4.39 Å². The van der Waals surface area contributed by atoms with Crippen molar-refractivity contribution in [1.82, 2.24) is 10.2 Å². The van der Waals surface area contributed by atoms with Gasteiger partial charge in [0.05, 0.1) is 5.52 Å². The van der Waals surface area contributed by atoms with Gasteiger partial charge in [0.25, 0.3) is 0 Å². The maximum absolute atomic E-state index is 13.1. The van der Waals surface area contributed by atoms with Crippen LogP contribution in [0.5, 0.6) is 5.75 Å². The van der Waals surface area contributed by atoms with E-state index in [2.05, 4.69) is 10.2 Å². The standard InChI is InChI=1S/C13H8ClFN2O3S/c14-13-11-7-9(4-5-12(11)16-17-13)20-21(18,19)10-3-1-2-8(15)6-10/h1-7H,(H,16,17). The van der Waals surface area contributed by atoms with Crippen LogP contribution in [-0.2, 0) is 10.1 Å². The maximum Gasteiger partial charge on any atom is 0.339 e.